The van der Waals surface area contributed by atoms with Gasteiger partial charge in [-0.25, -0.2) is 9.97 Å². The molecule has 2 aliphatic heterocycles. The van der Waals surface area contributed by atoms with Crippen LogP contribution in [-0.2, 0) is 4.79 Å². The predicted octanol–water partition coefficient (Wildman–Crippen LogP) is 7.65. The lowest BCUT2D eigenvalue weighted by molar-refractivity contribution is -0.385. The normalized spacial score (nSPS) is 16.8. The Morgan fingerprint density at radius 3 is 1.46 bits per heavy atom. The molecule has 0 aliphatic carbocycles. The molecule has 11 nitrogen and oxygen atoms in total. The number of para-hydroxylation sites is 2. The summed E-state index contributed by atoms with van der Waals surface area (Å²) < 4.78 is 4.01. The zero-order valence-corrected chi connectivity index (χ0v) is 25.5. The van der Waals surface area contributed by atoms with Crippen molar-refractivity contribution >= 4 is 17.2 Å². The summed E-state index contributed by atoms with van der Waals surface area (Å²) in [4.78, 5) is 48.1. The number of nitro groups is 2. The highest BCUT2D eigenvalue weighted by atomic mass is 16.6. The number of Topliss-reactive ketones (excluding diaryl/α,β-unsaturated/α-hetero) is 1. The quantitative estimate of drug-likeness (QED) is 0.111. The van der Waals surface area contributed by atoms with E-state index in [9.17, 15) is 20.2 Å². The third kappa shape index (κ3) is 4.62. The lowest BCUT2D eigenvalue weighted by atomic mass is 9.76. The highest BCUT2D eigenvalue weighted by molar-refractivity contribution is 5.94. The van der Waals surface area contributed by atoms with Crippen molar-refractivity contribution in [3.63, 3.8) is 0 Å². The molecule has 48 heavy (non-hydrogen) atoms. The van der Waals surface area contributed by atoms with Crippen molar-refractivity contribution in [2.45, 2.75) is 36.8 Å². The number of rotatable bonds is 10. The number of fused-ring (bicyclic) bond motifs is 6. The summed E-state index contributed by atoms with van der Waals surface area (Å²) in [5, 5.41) is 24.9. The zero-order chi connectivity index (χ0) is 32.9. The van der Waals surface area contributed by atoms with Gasteiger partial charge in [-0.15, -0.1) is 0 Å². The van der Waals surface area contributed by atoms with Gasteiger partial charge in [0.25, 0.3) is 11.4 Å². The maximum absolute atomic E-state index is 15.4. The Hall–Kier alpha value is -6.23. The van der Waals surface area contributed by atoms with Gasteiger partial charge in [0.2, 0.25) is 0 Å². The third-order valence-electron chi connectivity index (χ3n) is 9.82. The minimum absolute atomic E-state index is 0.169. The Labute approximate surface area is 274 Å². The summed E-state index contributed by atoms with van der Waals surface area (Å²) in [6.45, 7) is 0. The fourth-order valence-corrected chi connectivity index (χ4v) is 7.72. The van der Waals surface area contributed by atoms with Gasteiger partial charge in [-0.1, -0.05) is 84.9 Å². The van der Waals surface area contributed by atoms with E-state index in [0.29, 0.717) is 0 Å². The number of ketones is 1. The molecule has 0 amide bonds. The van der Waals surface area contributed by atoms with Crippen LogP contribution in [0.2, 0.25) is 0 Å². The number of nitrogens with zero attached hydrogens (tertiary/aromatic N) is 6. The van der Waals surface area contributed by atoms with Crippen LogP contribution in [0.25, 0.3) is 22.5 Å². The fraction of sp³-hybridized carbons (Fsp3) is 0.162. The number of nitro benzene ring substituents is 2. The van der Waals surface area contributed by atoms with Gasteiger partial charge in [0.1, 0.15) is 5.78 Å². The molecule has 0 saturated heterocycles. The van der Waals surface area contributed by atoms with Gasteiger partial charge < -0.3 is 9.13 Å². The molecule has 4 aromatic carbocycles. The SMILES string of the molecule is O=C(C(CC1c2ccccc2-c2cncn21)c1ccccc1[N+](=O)[O-])C(CC1c2ccccc2-c2cncn21)c1ccccc1[N+](=O)[O-]. The topological polar surface area (TPSA) is 139 Å². The number of carbonyl (C=O) groups is 1. The first-order chi connectivity index (χ1) is 23.4. The molecule has 2 aromatic heterocycles. The van der Waals surface area contributed by atoms with E-state index in [2.05, 4.69) is 9.97 Å². The van der Waals surface area contributed by atoms with Gasteiger partial charge in [0.05, 0.1) is 70.2 Å². The molecule has 0 radical (unpaired) electrons. The van der Waals surface area contributed by atoms with E-state index in [1.165, 1.54) is 12.1 Å². The van der Waals surface area contributed by atoms with E-state index in [1.54, 1.807) is 61.4 Å². The molecule has 4 atom stereocenters. The number of hydrogen-bond acceptors (Lipinski definition) is 7. The van der Waals surface area contributed by atoms with Gasteiger partial charge in [-0.2, -0.15) is 0 Å². The van der Waals surface area contributed by atoms with Gasteiger partial charge in [-0.05, 0) is 24.0 Å². The third-order valence-corrected chi connectivity index (χ3v) is 9.82. The Morgan fingerprint density at radius 1 is 0.625 bits per heavy atom. The van der Waals surface area contributed by atoms with Crippen LogP contribution in [0.1, 0.15) is 59.0 Å². The smallest absolute Gasteiger partial charge is 0.273 e. The van der Waals surface area contributed by atoms with E-state index in [-0.39, 0.29) is 53.2 Å². The second-order valence-corrected chi connectivity index (χ2v) is 12.2. The Bertz CT molecular complexity index is 2080. The van der Waals surface area contributed by atoms with Crippen LogP contribution in [0.4, 0.5) is 11.4 Å². The first kappa shape index (κ1) is 29.2. The number of imidazole rings is 2. The minimum atomic E-state index is -0.985. The number of aromatic nitrogens is 4. The summed E-state index contributed by atoms with van der Waals surface area (Å²) in [5.41, 5.74) is 5.95. The van der Waals surface area contributed by atoms with Gasteiger partial charge >= 0.3 is 0 Å². The van der Waals surface area contributed by atoms with E-state index < -0.39 is 21.7 Å². The molecular formula is C37H28N6O5. The molecule has 0 fully saturated rings. The summed E-state index contributed by atoms with van der Waals surface area (Å²) in [6.07, 6.45) is 7.37. The van der Waals surface area contributed by atoms with Crippen molar-refractivity contribution in [1.82, 2.24) is 19.1 Å². The number of carbonyl (C=O) groups excluding carboxylic acids is 1. The predicted molar refractivity (Wildman–Crippen MR) is 178 cm³/mol. The molecule has 4 heterocycles. The Kier molecular flexibility index (Phi) is 7.01. The van der Waals surface area contributed by atoms with Crippen molar-refractivity contribution in [3.8, 4) is 22.5 Å². The lowest BCUT2D eigenvalue weighted by Gasteiger charge is -2.28. The first-order valence-corrected chi connectivity index (χ1v) is 15.6. The number of benzene rings is 4. The highest BCUT2D eigenvalue weighted by Crippen LogP contribution is 2.49. The lowest BCUT2D eigenvalue weighted by Crippen LogP contribution is -2.27. The zero-order valence-electron chi connectivity index (χ0n) is 25.5. The molecule has 0 saturated carbocycles. The second-order valence-electron chi connectivity index (χ2n) is 12.2. The molecule has 0 N–H and O–H groups in total. The highest BCUT2D eigenvalue weighted by Gasteiger charge is 2.42. The summed E-state index contributed by atoms with van der Waals surface area (Å²) >= 11 is 0. The Morgan fingerprint density at radius 2 is 1.02 bits per heavy atom. The van der Waals surface area contributed by atoms with Crippen molar-refractivity contribution in [1.29, 1.82) is 0 Å². The summed E-state index contributed by atoms with van der Waals surface area (Å²) in [6, 6.07) is 27.7. The van der Waals surface area contributed by atoms with Crippen LogP contribution in [0.15, 0.2) is 122 Å². The molecule has 236 valence electrons. The van der Waals surface area contributed by atoms with Crippen LogP contribution in [0, 0.1) is 20.2 Å². The van der Waals surface area contributed by atoms with Gasteiger partial charge in [0.15, 0.2) is 0 Å². The van der Waals surface area contributed by atoms with Crippen LogP contribution in [0.3, 0.4) is 0 Å². The molecule has 0 bridgehead atoms. The average Bonchev–Trinajstić information content (AvgIpc) is 3.89. The van der Waals surface area contributed by atoms with Crippen LogP contribution in [0.5, 0.6) is 0 Å². The van der Waals surface area contributed by atoms with E-state index in [4.69, 9.17) is 0 Å². The molecule has 6 aromatic rings. The Balaban J connectivity index is 1.30. The van der Waals surface area contributed by atoms with Gasteiger partial charge in [-0.3, -0.25) is 25.0 Å². The van der Waals surface area contributed by atoms with Crippen LogP contribution < -0.4 is 0 Å². The molecule has 4 unspecified atom stereocenters. The molecule has 11 heteroatoms. The number of hydrogen-bond donors (Lipinski definition) is 0. The maximum atomic E-state index is 15.4. The van der Waals surface area contributed by atoms with Crippen molar-refractivity contribution < 1.29 is 14.6 Å². The minimum Gasteiger partial charge on any atom is -0.323 e. The fourth-order valence-electron chi connectivity index (χ4n) is 7.72. The molecular weight excluding hydrogens is 608 g/mol. The van der Waals surface area contributed by atoms with E-state index >= 15 is 4.79 Å². The molecule has 0 spiro atoms. The van der Waals surface area contributed by atoms with Gasteiger partial charge in [0, 0.05) is 34.4 Å². The van der Waals surface area contributed by atoms with Crippen LogP contribution in [-0.4, -0.2) is 34.7 Å². The molecule has 8 rings (SSSR count). The standard InChI is InChI=1S/C37H28N6O5/c44-37(29(27-13-5-7-15-31(27)42(45)46)17-33-23-9-1-3-11-25(23)35-19-38-21-40(33)35)30(28-14-6-8-16-32(28)43(47)48)18-34-24-10-2-4-12-26(24)36-20-39-22-41(34)36/h1-16,19-22,29-30,33-34H,17-18H2. The largest absolute Gasteiger partial charge is 0.323 e. The van der Waals surface area contributed by atoms with E-state index in [0.717, 1.165) is 33.6 Å². The monoisotopic (exact) mass is 636 g/mol. The maximum Gasteiger partial charge on any atom is 0.273 e. The molecule has 2 aliphatic rings. The summed E-state index contributed by atoms with van der Waals surface area (Å²) in [5.74, 6) is -2.29. The summed E-state index contributed by atoms with van der Waals surface area (Å²) in [7, 11) is 0. The van der Waals surface area contributed by atoms with Crippen LogP contribution >= 0.6 is 0 Å². The average molecular weight is 637 g/mol. The van der Waals surface area contributed by atoms with Crippen molar-refractivity contribution in [3.05, 3.63) is 165 Å². The van der Waals surface area contributed by atoms with Crippen molar-refractivity contribution in [2.24, 2.45) is 0 Å². The second kappa shape index (κ2) is 11.5. The first-order valence-electron chi connectivity index (χ1n) is 15.6. The van der Waals surface area contributed by atoms with E-state index in [1.807, 2.05) is 57.7 Å². The van der Waals surface area contributed by atoms with Crippen molar-refractivity contribution in [2.75, 3.05) is 0 Å².